The van der Waals surface area contributed by atoms with Crippen LogP contribution in [0.5, 0.6) is 0 Å². The minimum absolute atomic E-state index is 0.00937. The van der Waals surface area contributed by atoms with Gasteiger partial charge in [-0.2, -0.15) is 0 Å². The number of carbonyl (C=O) groups excluding carboxylic acids is 1. The summed E-state index contributed by atoms with van der Waals surface area (Å²) in [7, 11) is 0. The normalized spacial score (nSPS) is 27.2. The first-order chi connectivity index (χ1) is 5.22. The number of nitrogens with zero attached hydrogens (tertiary/aromatic N) is 1. The van der Waals surface area contributed by atoms with Crippen molar-refractivity contribution >= 4 is 17.0 Å². The summed E-state index contributed by atoms with van der Waals surface area (Å²) in [5.74, 6) is 0. The standard InChI is InChI=1S/C7H10ClNO2/c8-6(10)9-4-7(5-9)2-1-3-11-7/h1-5H2. The fraction of sp³-hybridized carbons (Fsp3) is 0.857. The van der Waals surface area contributed by atoms with Gasteiger partial charge in [0, 0.05) is 6.61 Å². The Morgan fingerprint density at radius 2 is 2.27 bits per heavy atom. The van der Waals surface area contributed by atoms with Crippen LogP contribution in [0.1, 0.15) is 12.8 Å². The number of hydrogen-bond donors (Lipinski definition) is 0. The van der Waals surface area contributed by atoms with Crippen LogP contribution in [-0.4, -0.2) is 35.6 Å². The predicted molar refractivity (Wildman–Crippen MR) is 40.7 cm³/mol. The Hall–Kier alpha value is -0.280. The third-order valence-corrected chi connectivity index (χ3v) is 2.63. The average Bonchev–Trinajstić information content (AvgIpc) is 2.29. The minimum atomic E-state index is -0.355. The summed E-state index contributed by atoms with van der Waals surface area (Å²) in [6.45, 7) is 2.22. The Bertz CT molecular complexity index is 181. The van der Waals surface area contributed by atoms with Gasteiger partial charge in [-0.25, -0.2) is 0 Å². The number of amides is 1. The highest BCUT2D eigenvalue weighted by Gasteiger charge is 2.47. The van der Waals surface area contributed by atoms with Crippen LogP contribution in [0.3, 0.4) is 0 Å². The molecule has 2 aliphatic rings. The highest BCUT2D eigenvalue weighted by atomic mass is 35.5. The van der Waals surface area contributed by atoms with Crippen LogP contribution < -0.4 is 0 Å². The maximum Gasteiger partial charge on any atom is 0.316 e. The second kappa shape index (κ2) is 2.35. The van der Waals surface area contributed by atoms with Crippen molar-refractivity contribution < 1.29 is 9.53 Å². The molecule has 1 amide bonds. The first-order valence-corrected chi connectivity index (χ1v) is 4.18. The lowest BCUT2D eigenvalue weighted by Crippen LogP contribution is -2.61. The molecular formula is C7H10ClNO2. The molecule has 0 aromatic heterocycles. The molecule has 62 valence electrons. The Balaban J connectivity index is 1.91. The van der Waals surface area contributed by atoms with Crippen molar-refractivity contribution in [2.75, 3.05) is 19.7 Å². The quantitative estimate of drug-likeness (QED) is 0.409. The first-order valence-electron chi connectivity index (χ1n) is 3.80. The molecule has 0 aliphatic carbocycles. The fourth-order valence-corrected chi connectivity index (χ4v) is 1.90. The molecule has 1 spiro atoms. The minimum Gasteiger partial charge on any atom is -0.371 e. The van der Waals surface area contributed by atoms with E-state index >= 15 is 0 Å². The molecule has 0 N–H and O–H groups in total. The van der Waals surface area contributed by atoms with E-state index in [1.165, 1.54) is 0 Å². The summed E-state index contributed by atoms with van der Waals surface area (Å²) in [4.78, 5) is 12.2. The summed E-state index contributed by atoms with van der Waals surface area (Å²) < 4.78 is 5.50. The number of rotatable bonds is 0. The first kappa shape index (κ1) is 7.37. The Morgan fingerprint density at radius 1 is 1.55 bits per heavy atom. The maximum absolute atomic E-state index is 10.6. The van der Waals surface area contributed by atoms with E-state index < -0.39 is 0 Å². The van der Waals surface area contributed by atoms with Gasteiger partial charge >= 0.3 is 5.37 Å². The van der Waals surface area contributed by atoms with Crippen molar-refractivity contribution in [3.8, 4) is 0 Å². The molecule has 11 heavy (non-hydrogen) atoms. The zero-order valence-electron chi connectivity index (χ0n) is 6.18. The van der Waals surface area contributed by atoms with E-state index in [0.29, 0.717) is 13.1 Å². The van der Waals surface area contributed by atoms with Gasteiger partial charge in [0.2, 0.25) is 0 Å². The lowest BCUT2D eigenvalue weighted by atomic mass is 9.92. The highest BCUT2D eigenvalue weighted by molar-refractivity contribution is 6.62. The molecule has 0 unspecified atom stereocenters. The second-order valence-electron chi connectivity index (χ2n) is 3.24. The molecular weight excluding hydrogens is 166 g/mol. The molecule has 0 aromatic carbocycles. The van der Waals surface area contributed by atoms with E-state index in [0.717, 1.165) is 19.4 Å². The van der Waals surface area contributed by atoms with Gasteiger partial charge in [0.15, 0.2) is 0 Å². The molecule has 2 saturated heterocycles. The van der Waals surface area contributed by atoms with Crippen molar-refractivity contribution in [1.82, 2.24) is 4.90 Å². The number of hydrogen-bond acceptors (Lipinski definition) is 2. The van der Waals surface area contributed by atoms with Crippen LogP contribution in [0.25, 0.3) is 0 Å². The average molecular weight is 176 g/mol. The smallest absolute Gasteiger partial charge is 0.316 e. The molecule has 0 radical (unpaired) electrons. The Kier molecular flexibility index (Phi) is 1.58. The zero-order valence-corrected chi connectivity index (χ0v) is 6.93. The van der Waals surface area contributed by atoms with Crippen LogP contribution >= 0.6 is 11.6 Å². The number of carbonyl (C=O) groups is 1. The number of likely N-dealkylation sites (tertiary alicyclic amines) is 1. The maximum atomic E-state index is 10.6. The Labute approximate surface area is 70.3 Å². The van der Waals surface area contributed by atoms with Crippen molar-refractivity contribution in [3.05, 3.63) is 0 Å². The van der Waals surface area contributed by atoms with Crippen LogP contribution in [0, 0.1) is 0 Å². The predicted octanol–water partition coefficient (Wildman–Crippen LogP) is 1.21. The van der Waals surface area contributed by atoms with Gasteiger partial charge in [0.1, 0.15) is 5.60 Å². The molecule has 2 fully saturated rings. The molecule has 2 aliphatic heterocycles. The summed E-state index contributed by atoms with van der Waals surface area (Å²) in [5, 5.41) is -0.355. The topological polar surface area (TPSA) is 29.5 Å². The summed E-state index contributed by atoms with van der Waals surface area (Å²) in [6.07, 6.45) is 2.19. The molecule has 4 heteroatoms. The number of ether oxygens (including phenoxy) is 1. The zero-order chi connectivity index (χ0) is 7.90. The second-order valence-corrected chi connectivity index (χ2v) is 3.57. The van der Waals surface area contributed by atoms with Crippen LogP contribution in [0.2, 0.25) is 0 Å². The largest absolute Gasteiger partial charge is 0.371 e. The molecule has 0 saturated carbocycles. The molecule has 0 atom stereocenters. The van der Waals surface area contributed by atoms with Gasteiger partial charge in [0.25, 0.3) is 0 Å². The van der Waals surface area contributed by atoms with Gasteiger partial charge < -0.3 is 9.64 Å². The highest BCUT2D eigenvalue weighted by Crippen LogP contribution is 2.35. The van der Waals surface area contributed by atoms with Gasteiger partial charge in [-0.3, -0.25) is 4.79 Å². The Morgan fingerprint density at radius 3 is 2.73 bits per heavy atom. The van der Waals surface area contributed by atoms with E-state index in [-0.39, 0.29) is 11.0 Å². The van der Waals surface area contributed by atoms with Gasteiger partial charge in [-0.15, -0.1) is 0 Å². The van der Waals surface area contributed by atoms with E-state index in [1.807, 2.05) is 0 Å². The van der Waals surface area contributed by atoms with E-state index in [4.69, 9.17) is 16.3 Å². The summed E-state index contributed by atoms with van der Waals surface area (Å²) >= 11 is 5.27. The van der Waals surface area contributed by atoms with Gasteiger partial charge in [-0.1, -0.05) is 0 Å². The van der Waals surface area contributed by atoms with Crippen LogP contribution in [-0.2, 0) is 4.74 Å². The molecule has 0 aromatic rings. The van der Waals surface area contributed by atoms with E-state index in [2.05, 4.69) is 0 Å². The van der Waals surface area contributed by atoms with Gasteiger partial charge in [0.05, 0.1) is 13.1 Å². The third kappa shape index (κ3) is 1.12. The van der Waals surface area contributed by atoms with E-state index in [9.17, 15) is 4.79 Å². The van der Waals surface area contributed by atoms with Crippen molar-refractivity contribution in [1.29, 1.82) is 0 Å². The molecule has 2 heterocycles. The lowest BCUT2D eigenvalue weighted by molar-refractivity contribution is -0.0876. The van der Waals surface area contributed by atoms with Crippen molar-refractivity contribution in [2.45, 2.75) is 18.4 Å². The summed E-state index contributed by atoms with van der Waals surface area (Å²) in [5.41, 5.74) is -0.00937. The van der Waals surface area contributed by atoms with E-state index in [1.54, 1.807) is 4.90 Å². The third-order valence-electron chi connectivity index (χ3n) is 2.39. The van der Waals surface area contributed by atoms with Crippen molar-refractivity contribution in [3.63, 3.8) is 0 Å². The fourth-order valence-electron chi connectivity index (χ4n) is 1.78. The molecule has 0 bridgehead atoms. The monoisotopic (exact) mass is 175 g/mol. The van der Waals surface area contributed by atoms with Crippen LogP contribution in [0.4, 0.5) is 4.79 Å². The molecule has 2 rings (SSSR count). The van der Waals surface area contributed by atoms with Crippen LogP contribution in [0.15, 0.2) is 0 Å². The number of halogens is 1. The van der Waals surface area contributed by atoms with Gasteiger partial charge in [-0.05, 0) is 24.4 Å². The SMILES string of the molecule is O=C(Cl)N1CC2(CCCO2)C1. The summed E-state index contributed by atoms with van der Waals surface area (Å²) in [6, 6.07) is 0. The molecule has 3 nitrogen and oxygen atoms in total. The van der Waals surface area contributed by atoms with Crippen molar-refractivity contribution in [2.24, 2.45) is 0 Å². The lowest BCUT2D eigenvalue weighted by Gasteiger charge is -2.45.